The third kappa shape index (κ3) is 3.60. The first kappa shape index (κ1) is 15.5. The zero-order valence-corrected chi connectivity index (χ0v) is 12.6. The van der Waals surface area contributed by atoms with Gasteiger partial charge in [0.25, 0.3) is 0 Å². The molecule has 0 unspecified atom stereocenters. The van der Waals surface area contributed by atoms with Crippen molar-refractivity contribution in [2.24, 2.45) is 0 Å². The van der Waals surface area contributed by atoms with Crippen molar-refractivity contribution in [1.82, 2.24) is 0 Å². The van der Waals surface area contributed by atoms with Crippen LogP contribution in [-0.4, -0.2) is 18.2 Å². The highest BCUT2D eigenvalue weighted by Crippen LogP contribution is 2.32. The highest BCUT2D eigenvalue weighted by molar-refractivity contribution is 6.35. The van der Waals surface area contributed by atoms with Crippen LogP contribution >= 0.6 is 23.2 Å². The molecule has 0 heterocycles. The van der Waals surface area contributed by atoms with E-state index in [1.807, 2.05) is 0 Å². The van der Waals surface area contributed by atoms with Gasteiger partial charge in [-0.25, -0.2) is 4.79 Å². The lowest BCUT2D eigenvalue weighted by molar-refractivity contribution is 0.0691. The van der Waals surface area contributed by atoms with Crippen LogP contribution in [0.3, 0.4) is 0 Å². The Bertz CT molecular complexity index is 671. The summed E-state index contributed by atoms with van der Waals surface area (Å²) in [6.07, 6.45) is 0. The van der Waals surface area contributed by atoms with Gasteiger partial charge in [0.1, 0.15) is 12.2 Å². The van der Waals surface area contributed by atoms with Gasteiger partial charge in [-0.05, 0) is 24.3 Å². The zero-order valence-electron chi connectivity index (χ0n) is 11.1. The SMILES string of the molecule is COc1cccc(C(=O)O)c1OCc1ccc(Cl)cc1Cl. The molecule has 2 rings (SSSR count). The Labute approximate surface area is 131 Å². The van der Waals surface area contributed by atoms with E-state index in [0.717, 1.165) is 0 Å². The molecular formula is C15H12Cl2O4. The van der Waals surface area contributed by atoms with E-state index in [1.165, 1.54) is 13.2 Å². The van der Waals surface area contributed by atoms with Crippen LogP contribution in [0.5, 0.6) is 11.5 Å². The van der Waals surface area contributed by atoms with Crippen molar-refractivity contribution >= 4 is 29.2 Å². The molecule has 0 saturated heterocycles. The number of carboxylic acids is 1. The van der Waals surface area contributed by atoms with Crippen LogP contribution in [0.4, 0.5) is 0 Å². The predicted molar refractivity (Wildman–Crippen MR) is 80.7 cm³/mol. The quantitative estimate of drug-likeness (QED) is 0.890. The van der Waals surface area contributed by atoms with Gasteiger partial charge in [-0.15, -0.1) is 0 Å². The Morgan fingerprint density at radius 2 is 2.00 bits per heavy atom. The first-order chi connectivity index (χ1) is 10.0. The number of ether oxygens (including phenoxy) is 2. The fourth-order valence-electron chi connectivity index (χ4n) is 1.78. The maximum Gasteiger partial charge on any atom is 0.339 e. The lowest BCUT2D eigenvalue weighted by Crippen LogP contribution is -2.05. The second-order valence-corrected chi connectivity index (χ2v) is 5.01. The van der Waals surface area contributed by atoms with Crippen molar-refractivity contribution in [2.45, 2.75) is 6.61 Å². The van der Waals surface area contributed by atoms with Crippen molar-refractivity contribution in [3.05, 3.63) is 57.6 Å². The van der Waals surface area contributed by atoms with Gasteiger partial charge in [-0.2, -0.15) is 0 Å². The van der Waals surface area contributed by atoms with Crippen molar-refractivity contribution in [3.63, 3.8) is 0 Å². The Balaban J connectivity index is 2.28. The number of carbonyl (C=O) groups is 1. The predicted octanol–water partition coefficient (Wildman–Crippen LogP) is 4.28. The number of halogens is 2. The van der Waals surface area contributed by atoms with Crippen molar-refractivity contribution < 1.29 is 19.4 Å². The highest BCUT2D eigenvalue weighted by Gasteiger charge is 2.16. The van der Waals surface area contributed by atoms with Crippen molar-refractivity contribution in [3.8, 4) is 11.5 Å². The molecule has 0 radical (unpaired) electrons. The van der Waals surface area contributed by atoms with E-state index in [-0.39, 0.29) is 17.9 Å². The molecule has 1 N–H and O–H groups in total. The minimum absolute atomic E-state index is 0.0273. The van der Waals surface area contributed by atoms with Gasteiger partial charge in [0.15, 0.2) is 11.5 Å². The van der Waals surface area contributed by atoms with Crippen LogP contribution in [-0.2, 0) is 6.61 Å². The molecule has 6 heteroatoms. The van der Waals surface area contributed by atoms with E-state index >= 15 is 0 Å². The standard InChI is InChI=1S/C15H12Cl2O4/c1-20-13-4-2-3-11(15(18)19)14(13)21-8-9-5-6-10(16)7-12(9)17/h2-7H,8H2,1H3,(H,18,19). The number of hydrogen-bond acceptors (Lipinski definition) is 3. The maximum absolute atomic E-state index is 11.2. The van der Waals surface area contributed by atoms with E-state index < -0.39 is 5.97 Å². The minimum atomic E-state index is -1.09. The van der Waals surface area contributed by atoms with Gasteiger partial charge in [0.05, 0.1) is 7.11 Å². The second-order valence-electron chi connectivity index (χ2n) is 4.17. The molecule has 0 aliphatic rings. The monoisotopic (exact) mass is 326 g/mol. The number of para-hydroxylation sites is 1. The number of aromatic carboxylic acids is 1. The Morgan fingerprint density at radius 1 is 1.24 bits per heavy atom. The molecule has 2 aromatic rings. The number of benzene rings is 2. The van der Waals surface area contributed by atoms with Crippen LogP contribution in [0.25, 0.3) is 0 Å². The fraction of sp³-hybridized carbons (Fsp3) is 0.133. The molecule has 2 aromatic carbocycles. The highest BCUT2D eigenvalue weighted by atomic mass is 35.5. The normalized spacial score (nSPS) is 10.2. The van der Waals surface area contributed by atoms with Crippen LogP contribution in [0.2, 0.25) is 10.0 Å². The summed E-state index contributed by atoms with van der Waals surface area (Å²) < 4.78 is 10.7. The number of hydrogen-bond donors (Lipinski definition) is 1. The summed E-state index contributed by atoms with van der Waals surface area (Å²) in [5.41, 5.74) is 0.725. The molecule has 4 nitrogen and oxygen atoms in total. The molecule has 0 fully saturated rings. The first-order valence-corrected chi connectivity index (χ1v) is 6.75. The Kier molecular flexibility index (Phi) is 4.94. The number of rotatable bonds is 5. The number of carboxylic acid groups (broad SMARTS) is 1. The summed E-state index contributed by atoms with van der Waals surface area (Å²) in [5.74, 6) is -0.579. The summed E-state index contributed by atoms with van der Waals surface area (Å²) in [6, 6.07) is 9.68. The van der Waals surface area contributed by atoms with E-state index in [0.29, 0.717) is 21.4 Å². The van der Waals surface area contributed by atoms with E-state index in [4.69, 9.17) is 32.7 Å². The van der Waals surface area contributed by atoms with Gasteiger partial charge in [0.2, 0.25) is 0 Å². The lowest BCUT2D eigenvalue weighted by atomic mass is 10.2. The third-order valence-corrected chi connectivity index (χ3v) is 3.40. The molecule has 21 heavy (non-hydrogen) atoms. The van der Waals surface area contributed by atoms with Crippen LogP contribution in [0.1, 0.15) is 15.9 Å². The summed E-state index contributed by atoms with van der Waals surface area (Å²) in [4.78, 5) is 11.2. The second kappa shape index (κ2) is 6.70. The van der Waals surface area contributed by atoms with Crippen LogP contribution in [0, 0.1) is 0 Å². The smallest absolute Gasteiger partial charge is 0.339 e. The molecule has 0 saturated carbocycles. The summed E-state index contributed by atoms with van der Waals surface area (Å²) in [7, 11) is 1.45. The van der Waals surface area contributed by atoms with E-state index in [2.05, 4.69) is 0 Å². The molecule has 0 amide bonds. The van der Waals surface area contributed by atoms with Gasteiger partial charge in [-0.3, -0.25) is 0 Å². The molecule has 0 atom stereocenters. The van der Waals surface area contributed by atoms with E-state index in [9.17, 15) is 9.90 Å². The summed E-state index contributed by atoms with van der Waals surface area (Å²) >= 11 is 11.9. The van der Waals surface area contributed by atoms with Gasteiger partial charge in [0, 0.05) is 15.6 Å². The Morgan fingerprint density at radius 3 is 2.62 bits per heavy atom. The molecule has 110 valence electrons. The first-order valence-electron chi connectivity index (χ1n) is 6.00. The summed E-state index contributed by atoms with van der Waals surface area (Å²) in [5, 5.41) is 10.2. The van der Waals surface area contributed by atoms with Gasteiger partial charge in [-0.1, -0.05) is 35.3 Å². The topological polar surface area (TPSA) is 55.8 Å². The van der Waals surface area contributed by atoms with Gasteiger partial charge < -0.3 is 14.6 Å². The molecule has 0 spiro atoms. The number of methoxy groups -OCH3 is 1. The maximum atomic E-state index is 11.2. The average Bonchev–Trinajstić information content (AvgIpc) is 2.45. The Hall–Kier alpha value is -1.91. The van der Waals surface area contributed by atoms with Crippen molar-refractivity contribution in [1.29, 1.82) is 0 Å². The fourth-order valence-corrected chi connectivity index (χ4v) is 2.25. The third-order valence-electron chi connectivity index (χ3n) is 2.82. The molecule has 0 bridgehead atoms. The molecule has 0 aliphatic carbocycles. The average molecular weight is 327 g/mol. The molecular weight excluding hydrogens is 315 g/mol. The largest absolute Gasteiger partial charge is 0.493 e. The minimum Gasteiger partial charge on any atom is -0.493 e. The zero-order chi connectivity index (χ0) is 15.4. The van der Waals surface area contributed by atoms with Crippen molar-refractivity contribution in [2.75, 3.05) is 7.11 Å². The van der Waals surface area contributed by atoms with Crippen LogP contribution < -0.4 is 9.47 Å². The van der Waals surface area contributed by atoms with Crippen LogP contribution in [0.15, 0.2) is 36.4 Å². The summed E-state index contributed by atoms with van der Waals surface area (Å²) in [6.45, 7) is 0.108. The van der Waals surface area contributed by atoms with E-state index in [1.54, 1.807) is 30.3 Å². The molecule has 0 aromatic heterocycles. The molecule has 0 aliphatic heterocycles. The lowest BCUT2D eigenvalue weighted by Gasteiger charge is -2.13. The van der Waals surface area contributed by atoms with Gasteiger partial charge >= 0.3 is 5.97 Å².